The third kappa shape index (κ3) is 5.75. The van der Waals surface area contributed by atoms with E-state index < -0.39 is 21.3 Å². The summed E-state index contributed by atoms with van der Waals surface area (Å²) < 4.78 is 5.04. The van der Waals surface area contributed by atoms with Crippen molar-refractivity contribution in [3.8, 4) is 11.1 Å². The number of rotatable bonds is 3. The largest absolute Gasteiger partial charge is 1.00 e. The summed E-state index contributed by atoms with van der Waals surface area (Å²) in [6.07, 6.45) is 7.59. The maximum atomic E-state index is 2.81. The van der Waals surface area contributed by atoms with Crippen LogP contribution in [0.4, 0.5) is 0 Å². The van der Waals surface area contributed by atoms with E-state index in [1.165, 1.54) is 55.7 Å². The van der Waals surface area contributed by atoms with Gasteiger partial charge in [-0.15, -0.1) is 0 Å². The molecule has 1 atom stereocenters. The molecule has 0 nitrogen and oxygen atoms in total. The number of fused-ring (bicyclic) bond motifs is 5. The molecule has 47 heavy (non-hydrogen) atoms. The van der Waals surface area contributed by atoms with Crippen molar-refractivity contribution in [2.45, 2.75) is 97.5 Å². The average molecular weight is 741 g/mol. The van der Waals surface area contributed by atoms with Crippen LogP contribution < -0.4 is 24.8 Å². The van der Waals surface area contributed by atoms with Crippen LogP contribution in [0.5, 0.6) is 0 Å². The van der Waals surface area contributed by atoms with Crippen LogP contribution in [-0.2, 0) is 32.1 Å². The van der Waals surface area contributed by atoms with E-state index in [4.69, 9.17) is 0 Å². The second kappa shape index (κ2) is 12.1. The van der Waals surface area contributed by atoms with E-state index in [9.17, 15) is 0 Å². The molecule has 0 N–H and O–H groups in total. The van der Waals surface area contributed by atoms with E-state index in [1.54, 1.807) is 25.6 Å². The van der Waals surface area contributed by atoms with Gasteiger partial charge >= 0.3 is 282 Å². The summed E-state index contributed by atoms with van der Waals surface area (Å²) in [7, 11) is 0. The third-order valence-electron chi connectivity index (χ3n) is 11.2. The minimum Gasteiger partial charge on any atom is -1.00 e. The van der Waals surface area contributed by atoms with Gasteiger partial charge in [0.2, 0.25) is 0 Å². The van der Waals surface area contributed by atoms with Gasteiger partial charge in [-0.05, 0) is 0 Å². The summed E-state index contributed by atoms with van der Waals surface area (Å²) in [4.78, 5) is 0. The quantitative estimate of drug-likeness (QED) is 0.318. The van der Waals surface area contributed by atoms with Gasteiger partial charge < -0.3 is 24.8 Å². The van der Waals surface area contributed by atoms with E-state index >= 15 is 0 Å². The van der Waals surface area contributed by atoms with Crippen molar-refractivity contribution in [3.05, 3.63) is 126 Å². The van der Waals surface area contributed by atoms with E-state index in [0.717, 1.165) is 0 Å². The fourth-order valence-electron chi connectivity index (χ4n) is 9.19. The number of allylic oxidation sites excluding steroid dienone is 8. The minimum absolute atomic E-state index is 0. The van der Waals surface area contributed by atoms with Crippen LogP contribution in [0, 0.1) is 18.3 Å². The molecule has 0 amide bonds. The third-order valence-corrected chi connectivity index (χ3v) is 19.4. The van der Waals surface area contributed by atoms with Crippen LogP contribution in [0.2, 0.25) is 0 Å². The zero-order valence-corrected chi connectivity index (χ0v) is 34.3. The van der Waals surface area contributed by atoms with E-state index in [2.05, 4.69) is 154 Å². The fraction of sp³-hybridized carbons (Fsp3) is 0.386. The second-order valence-corrected chi connectivity index (χ2v) is 22.4. The molecule has 0 saturated carbocycles. The molecule has 0 aromatic heterocycles. The Hall–Kier alpha value is -2.05. The molecule has 0 aliphatic heterocycles. The van der Waals surface area contributed by atoms with Gasteiger partial charge in [-0.2, -0.15) is 0 Å². The Morgan fingerprint density at radius 2 is 1.15 bits per heavy atom. The van der Waals surface area contributed by atoms with Crippen molar-refractivity contribution < 1.29 is 46.1 Å². The number of halogens is 2. The van der Waals surface area contributed by atoms with Gasteiger partial charge in [0.05, 0.1) is 0 Å². The fourth-order valence-corrected chi connectivity index (χ4v) is 17.8. The Balaban J connectivity index is 0.00000217. The summed E-state index contributed by atoms with van der Waals surface area (Å²) in [5, 5.41) is 0. The second-order valence-electron chi connectivity index (χ2n) is 16.7. The van der Waals surface area contributed by atoms with Crippen LogP contribution in [-0.4, -0.2) is 3.71 Å². The Bertz CT molecular complexity index is 1880. The summed E-state index contributed by atoms with van der Waals surface area (Å²) in [6.45, 7) is 28.6. The molecular formula is C44H50Cl2Zr. The molecule has 244 valence electrons. The molecule has 3 aromatic rings. The first kappa shape index (κ1) is 36.2. The molecule has 7 rings (SSSR count). The van der Waals surface area contributed by atoms with Crippen molar-refractivity contribution in [2.24, 2.45) is 11.3 Å². The number of benzene rings is 3. The average Bonchev–Trinajstić information content (AvgIpc) is 3.58. The van der Waals surface area contributed by atoms with Gasteiger partial charge in [0.1, 0.15) is 0 Å². The molecule has 1 unspecified atom stereocenters. The standard InChI is InChI=1S/C25H25.C11H17.C8H8.2ClH.Zr/c1-14-12-24(3,4)22-8-16-7-17-9-23-19(15(2)13-25(23,5)6)11-21(17)20(16)10-18(14)22;1-8-6-9(2)10(7-8)11(3,4)5;1-7-3-5-8(2)6-4-7;;;/h7-13H,1-6H3;7-8H,1-5H3;1,3-6H,2H3;2*1H;/q;;;;;+2/p-2. The van der Waals surface area contributed by atoms with E-state index in [-0.39, 0.29) is 41.1 Å². The molecule has 0 heterocycles. The summed E-state index contributed by atoms with van der Waals surface area (Å²) in [6, 6.07) is 19.8. The molecule has 0 radical (unpaired) electrons. The first-order chi connectivity index (χ1) is 21.0. The van der Waals surface area contributed by atoms with Crippen LogP contribution in [0.25, 0.3) is 22.3 Å². The minimum atomic E-state index is -2.63. The van der Waals surface area contributed by atoms with E-state index in [1.807, 2.05) is 0 Å². The zero-order valence-electron chi connectivity index (χ0n) is 30.3. The van der Waals surface area contributed by atoms with Crippen molar-refractivity contribution in [2.75, 3.05) is 0 Å². The molecule has 0 fully saturated rings. The molecule has 4 aliphatic carbocycles. The van der Waals surface area contributed by atoms with Crippen molar-refractivity contribution >= 4 is 14.9 Å². The number of hydrogen-bond donors (Lipinski definition) is 0. The Labute approximate surface area is 304 Å². The van der Waals surface area contributed by atoms with Gasteiger partial charge in [-0.3, -0.25) is 0 Å². The predicted molar refractivity (Wildman–Crippen MR) is 193 cm³/mol. The van der Waals surface area contributed by atoms with Crippen LogP contribution in [0.15, 0.2) is 81.2 Å². The maximum Gasteiger partial charge on any atom is -1.00 e. The normalized spacial score (nSPS) is 20.1. The van der Waals surface area contributed by atoms with Crippen molar-refractivity contribution in [1.29, 1.82) is 0 Å². The molecule has 0 spiro atoms. The number of aryl methyl sites for hydroxylation is 1. The zero-order chi connectivity index (χ0) is 32.4. The molecular weight excluding hydrogens is 691 g/mol. The smallest absolute Gasteiger partial charge is 1.00 e. The Morgan fingerprint density at radius 3 is 1.57 bits per heavy atom. The molecule has 0 saturated heterocycles. The summed E-state index contributed by atoms with van der Waals surface area (Å²) in [5.74, 6) is 0.479. The molecule has 0 bridgehead atoms. The summed E-state index contributed by atoms with van der Waals surface area (Å²) >= 11 is -2.63. The summed E-state index contributed by atoms with van der Waals surface area (Å²) in [5.41, 5.74) is 21.1. The predicted octanol–water partition coefficient (Wildman–Crippen LogP) is 5.83. The van der Waals surface area contributed by atoms with E-state index in [0.29, 0.717) is 9.54 Å². The van der Waals surface area contributed by atoms with Gasteiger partial charge in [-0.1, -0.05) is 0 Å². The monoisotopic (exact) mass is 738 g/mol. The first-order valence-corrected chi connectivity index (χ1v) is 21.0. The van der Waals surface area contributed by atoms with Crippen LogP contribution in [0.3, 0.4) is 0 Å². The number of hydrogen-bond acceptors (Lipinski definition) is 0. The maximum absolute atomic E-state index is 2.81. The molecule has 3 aromatic carbocycles. The van der Waals surface area contributed by atoms with Gasteiger partial charge in [0, 0.05) is 0 Å². The van der Waals surface area contributed by atoms with Crippen molar-refractivity contribution in [1.82, 2.24) is 0 Å². The SMILES string of the molecule is CC1=CC(C)(C)c2cc3c(cc21)-c1cc2c(cc1[CH]3/[Zr+2](=[CH]/c1ccc(C)cc1)[C]1=C(C)C(C(C)(C)C)=CC1C)C(C)(C)C=C2C.[Cl-].[Cl-]. The molecule has 4 aliphatic rings. The van der Waals surface area contributed by atoms with Crippen LogP contribution in [0.1, 0.15) is 124 Å². The van der Waals surface area contributed by atoms with Gasteiger partial charge in [0.15, 0.2) is 0 Å². The first-order valence-electron chi connectivity index (χ1n) is 17.0. The van der Waals surface area contributed by atoms with Crippen molar-refractivity contribution in [3.63, 3.8) is 0 Å². The van der Waals surface area contributed by atoms with Crippen LogP contribution >= 0.6 is 0 Å². The van der Waals surface area contributed by atoms with Gasteiger partial charge in [0.25, 0.3) is 0 Å². The molecule has 3 heteroatoms. The Morgan fingerprint density at radius 1 is 0.681 bits per heavy atom. The van der Waals surface area contributed by atoms with Gasteiger partial charge in [-0.25, -0.2) is 0 Å². The topological polar surface area (TPSA) is 0 Å². The Kier molecular flexibility index (Phi) is 9.31.